The molecule has 0 aromatic carbocycles. The first-order valence-electron chi connectivity index (χ1n) is 7.84. The summed E-state index contributed by atoms with van der Waals surface area (Å²) < 4.78 is 277. The van der Waals surface area contributed by atoms with Crippen LogP contribution in [-0.4, -0.2) is 73.7 Å². The molecule has 26 heteroatoms. The minimum Gasteiger partial charge on any atom is -0.747 e. The van der Waals surface area contributed by atoms with E-state index in [1.807, 2.05) is 0 Å². The maximum atomic E-state index is 13.7. The van der Waals surface area contributed by atoms with Gasteiger partial charge in [0.1, 0.15) is 15.5 Å². The van der Waals surface area contributed by atoms with Crippen molar-refractivity contribution in [3.63, 3.8) is 0 Å². The van der Waals surface area contributed by atoms with Crippen LogP contribution in [0.5, 0.6) is 0 Å². The Balaban J connectivity index is 0. The Bertz CT molecular complexity index is 1040. The Labute approximate surface area is 236 Å². The van der Waals surface area contributed by atoms with Gasteiger partial charge in [-0.25, -0.2) is 16.8 Å². The number of halogens is 17. The zero-order valence-electron chi connectivity index (χ0n) is 17.1. The summed E-state index contributed by atoms with van der Waals surface area (Å²) in [5.41, 5.74) is 0. The standard InChI is InChI=1S/C11H8F17NO5S2.K/c1-2-3(35(30,31)32)29-36(33,34)11(27,28)9(22,23)7(18,19)5(14,15)4(12,13)6(16,17)8(20,21)10(24,25)26;/h3,29H,2H2,1H3,(H,30,31,32);/q;+1/p-1. The maximum Gasteiger partial charge on any atom is 1.00 e. The predicted molar refractivity (Wildman–Crippen MR) is 76.5 cm³/mol. The molecule has 218 valence electrons. The van der Waals surface area contributed by atoms with Gasteiger partial charge in [0.05, 0.1) is 0 Å². The van der Waals surface area contributed by atoms with E-state index in [2.05, 4.69) is 0 Å². The minimum atomic E-state index is -9.02. The third kappa shape index (κ3) is 5.86. The molecular formula is C11H7F17KNO5S2. The Hall–Kier alpha value is 0.266. The van der Waals surface area contributed by atoms with Crippen molar-refractivity contribution in [3.8, 4) is 0 Å². The van der Waals surface area contributed by atoms with Crippen molar-refractivity contribution >= 4 is 20.1 Å². The summed E-state index contributed by atoms with van der Waals surface area (Å²) in [5, 5.41) is -11.4. The molecule has 1 atom stereocenters. The van der Waals surface area contributed by atoms with Crippen LogP contribution >= 0.6 is 0 Å². The first kappa shape index (κ1) is 39.4. The van der Waals surface area contributed by atoms with Crippen LogP contribution in [0, 0.1) is 0 Å². The van der Waals surface area contributed by atoms with Crippen LogP contribution in [0.2, 0.25) is 0 Å². The second-order valence-electron chi connectivity index (χ2n) is 6.47. The Morgan fingerprint density at radius 3 is 1.11 bits per heavy atom. The van der Waals surface area contributed by atoms with Crippen LogP contribution in [0.4, 0.5) is 74.6 Å². The van der Waals surface area contributed by atoms with Gasteiger partial charge in [0.2, 0.25) is 0 Å². The van der Waals surface area contributed by atoms with Crippen LogP contribution in [0.1, 0.15) is 13.3 Å². The quantitative estimate of drug-likeness (QED) is 0.204. The summed E-state index contributed by atoms with van der Waals surface area (Å²) in [6, 6.07) is 0. The fraction of sp³-hybridized carbons (Fsp3) is 1.00. The summed E-state index contributed by atoms with van der Waals surface area (Å²) >= 11 is 0. The maximum absolute atomic E-state index is 13.7. The number of hydrogen-bond acceptors (Lipinski definition) is 5. The molecule has 0 fully saturated rings. The summed E-state index contributed by atoms with van der Waals surface area (Å²) in [7, 11) is -14.0. The summed E-state index contributed by atoms with van der Waals surface area (Å²) in [4.78, 5) is 0. The van der Waals surface area contributed by atoms with Crippen molar-refractivity contribution in [3.05, 3.63) is 0 Å². The van der Waals surface area contributed by atoms with Crippen molar-refractivity contribution < 1.29 is 147 Å². The van der Waals surface area contributed by atoms with E-state index in [0.717, 1.165) is 0 Å². The molecule has 0 aliphatic heterocycles. The molecule has 0 spiro atoms. The smallest absolute Gasteiger partial charge is 0.747 e. The predicted octanol–water partition coefficient (Wildman–Crippen LogP) is 1.16. The summed E-state index contributed by atoms with van der Waals surface area (Å²) in [6.07, 6.45) is -9.42. The molecule has 6 nitrogen and oxygen atoms in total. The fourth-order valence-electron chi connectivity index (χ4n) is 1.91. The zero-order valence-corrected chi connectivity index (χ0v) is 21.8. The van der Waals surface area contributed by atoms with Gasteiger partial charge in [0.15, 0.2) is 0 Å². The van der Waals surface area contributed by atoms with Gasteiger partial charge < -0.3 is 4.55 Å². The van der Waals surface area contributed by atoms with Crippen molar-refractivity contribution in [2.75, 3.05) is 0 Å². The van der Waals surface area contributed by atoms with E-state index in [9.17, 15) is 96.0 Å². The molecule has 0 bridgehead atoms. The minimum absolute atomic E-state index is 0. The molecule has 1 N–H and O–H groups in total. The van der Waals surface area contributed by atoms with Gasteiger partial charge in [-0.2, -0.15) is 79.4 Å². The van der Waals surface area contributed by atoms with Crippen molar-refractivity contribution in [2.24, 2.45) is 0 Å². The largest absolute Gasteiger partial charge is 1.00 e. The van der Waals surface area contributed by atoms with E-state index in [0.29, 0.717) is 6.92 Å². The van der Waals surface area contributed by atoms with Crippen molar-refractivity contribution in [2.45, 2.75) is 65.7 Å². The van der Waals surface area contributed by atoms with E-state index < -0.39 is 78.9 Å². The average molecular weight is 659 g/mol. The van der Waals surface area contributed by atoms with Gasteiger partial charge in [-0.15, -0.1) is 0 Å². The molecule has 0 saturated heterocycles. The topological polar surface area (TPSA) is 103 Å². The van der Waals surface area contributed by atoms with Crippen LogP contribution in [0.25, 0.3) is 0 Å². The average Bonchev–Trinajstić information content (AvgIpc) is 2.62. The third-order valence-corrected chi connectivity index (χ3v) is 6.86. The normalized spacial score (nSPS) is 16.8. The first-order valence-corrected chi connectivity index (χ1v) is 10.8. The first-order chi connectivity index (χ1) is 15.2. The molecule has 0 heterocycles. The van der Waals surface area contributed by atoms with Gasteiger partial charge in [0, 0.05) is 0 Å². The van der Waals surface area contributed by atoms with Gasteiger partial charge in [0.25, 0.3) is 10.0 Å². The number of alkyl halides is 17. The molecule has 0 aromatic heterocycles. The Morgan fingerprint density at radius 2 is 0.865 bits per heavy atom. The second-order valence-corrected chi connectivity index (χ2v) is 9.78. The molecule has 37 heavy (non-hydrogen) atoms. The van der Waals surface area contributed by atoms with E-state index in [1.54, 1.807) is 0 Å². The molecule has 1 unspecified atom stereocenters. The third-order valence-electron chi connectivity index (χ3n) is 4.04. The SMILES string of the molecule is CCC(NS(=O)(=O)C(F)(F)C(F)(F)C(F)(F)C(F)(F)C(F)(F)C(F)(F)C(F)(F)C(F)(F)F)S(=O)(=O)[O-].[K+]. The Morgan fingerprint density at radius 1 is 0.595 bits per heavy atom. The number of hydrogen-bond donors (Lipinski definition) is 1. The zero-order chi connectivity index (χ0) is 30.0. The van der Waals surface area contributed by atoms with E-state index >= 15 is 0 Å². The van der Waals surface area contributed by atoms with Crippen LogP contribution < -0.4 is 56.1 Å². The molecular weight excluding hydrogens is 652 g/mol. The molecule has 0 aromatic rings. The Kier molecular flexibility index (Phi) is 11.3. The summed E-state index contributed by atoms with van der Waals surface area (Å²) in [6.45, 7) is 0.436. The van der Waals surface area contributed by atoms with E-state index in [1.165, 1.54) is 0 Å². The van der Waals surface area contributed by atoms with Crippen molar-refractivity contribution in [1.29, 1.82) is 0 Å². The number of nitrogens with one attached hydrogen (secondary N) is 1. The van der Waals surface area contributed by atoms with Gasteiger partial charge in [-0.1, -0.05) is 6.92 Å². The van der Waals surface area contributed by atoms with Gasteiger partial charge in [-0.05, 0) is 6.42 Å². The molecule has 0 saturated carbocycles. The molecule has 0 radical (unpaired) electrons. The van der Waals surface area contributed by atoms with Gasteiger partial charge in [-0.3, -0.25) is 0 Å². The van der Waals surface area contributed by atoms with Gasteiger partial charge >= 0.3 is 98.4 Å². The summed E-state index contributed by atoms with van der Waals surface area (Å²) in [5.74, 6) is -52.7. The fourth-order valence-corrected chi connectivity index (χ4v) is 4.30. The van der Waals surface area contributed by atoms with Crippen molar-refractivity contribution in [1.82, 2.24) is 4.72 Å². The van der Waals surface area contributed by atoms with E-state index in [-0.39, 0.29) is 56.1 Å². The number of rotatable bonds is 11. The molecule has 0 aliphatic carbocycles. The monoisotopic (exact) mass is 659 g/mol. The second kappa shape index (κ2) is 10.6. The van der Waals surface area contributed by atoms with E-state index in [4.69, 9.17) is 0 Å². The molecule has 0 amide bonds. The van der Waals surface area contributed by atoms with Crippen LogP contribution in [-0.2, 0) is 20.1 Å². The number of sulfonamides is 1. The van der Waals surface area contributed by atoms with Crippen LogP contribution in [0.3, 0.4) is 0 Å². The van der Waals surface area contributed by atoms with Crippen LogP contribution in [0.15, 0.2) is 0 Å². The molecule has 0 aliphatic rings. The molecule has 0 rings (SSSR count).